The van der Waals surface area contributed by atoms with E-state index in [-0.39, 0.29) is 0 Å². The van der Waals surface area contributed by atoms with Crippen molar-refractivity contribution in [3.8, 4) is 0 Å². The Morgan fingerprint density at radius 2 is 1.50 bits per heavy atom. The third-order valence-electron chi connectivity index (χ3n) is 1.88. The molecule has 0 rings (SSSR count). The lowest BCUT2D eigenvalue weighted by Gasteiger charge is -2.04. The summed E-state index contributed by atoms with van der Waals surface area (Å²) < 4.78 is 0. The largest absolute Gasteiger partial charge is 0.385 e. The average Bonchev–Trinajstić information content (AvgIpc) is 2.46. The van der Waals surface area contributed by atoms with Gasteiger partial charge in [0.25, 0.3) is 0 Å². The fourth-order valence-electron chi connectivity index (χ4n) is 1.07. The predicted molar refractivity (Wildman–Crippen MR) is 87.0 cm³/mol. The molecule has 2 heteroatoms. The van der Waals surface area contributed by atoms with Crippen molar-refractivity contribution in [2.75, 3.05) is 19.6 Å². The summed E-state index contributed by atoms with van der Waals surface area (Å²) in [6.07, 6.45) is 8.76. The van der Waals surface area contributed by atoms with Crippen molar-refractivity contribution in [2.45, 2.75) is 61.3 Å². The van der Waals surface area contributed by atoms with E-state index in [0.29, 0.717) is 0 Å². The topological polar surface area (TPSA) is 24.1 Å². The van der Waals surface area contributed by atoms with Gasteiger partial charge >= 0.3 is 0 Å². The standard InChI is InChI=1S/C12H24N2.2C2H6/c1-4-9-13-11-7-8-12(6-3)14-10-5-2;2*1-2/h6-8,13-14H,4-5,9-11H2,1-3H3;2*1-2H3/b8-7-,12-6+;;. The summed E-state index contributed by atoms with van der Waals surface area (Å²) in [5.74, 6) is 0. The van der Waals surface area contributed by atoms with Crippen LogP contribution in [0.15, 0.2) is 23.9 Å². The van der Waals surface area contributed by atoms with E-state index in [1.807, 2.05) is 27.7 Å². The third-order valence-corrected chi connectivity index (χ3v) is 1.88. The average molecular weight is 256 g/mol. The highest BCUT2D eigenvalue weighted by molar-refractivity contribution is 5.15. The monoisotopic (exact) mass is 256 g/mol. The van der Waals surface area contributed by atoms with Gasteiger partial charge in [-0.05, 0) is 32.4 Å². The summed E-state index contributed by atoms with van der Waals surface area (Å²) in [7, 11) is 0. The molecule has 0 saturated carbocycles. The van der Waals surface area contributed by atoms with Crippen LogP contribution in [0.3, 0.4) is 0 Å². The Bertz CT molecular complexity index is 172. The minimum Gasteiger partial charge on any atom is -0.385 e. The van der Waals surface area contributed by atoms with Gasteiger partial charge in [0.2, 0.25) is 0 Å². The molecule has 0 atom stereocenters. The van der Waals surface area contributed by atoms with Crippen molar-refractivity contribution in [1.82, 2.24) is 10.6 Å². The first-order chi connectivity index (χ1) is 8.85. The van der Waals surface area contributed by atoms with Gasteiger partial charge in [-0.15, -0.1) is 0 Å². The maximum absolute atomic E-state index is 3.36. The highest BCUT2D eigenvalue weighted by Crippen LogP contribution is 1.91. The van der Waals surface area contributed by atoms with Crippen LogP contribution in [0, 0.1) is 0 Å². The molecule has 0 saturated heterocycles. The van der Waals surface area contributed by atoms with Crippen LogP contribution in [0.1, 0.15) is 61.3 Å². The van der Waals surface area contributed by atoms with E-state index in [0.717, 1.165) is 19.6 Å². The molecule has 0 aliphatic carbocycles. The zero-order chi connectivity index (χ0) is 14.6. The summed E-state index contributed by atoms with van der Waals surface area (Å²) in [5.41, 5.74) is 1.21. The van der Waals surface area contributed by atoms with Gasteiger partial charge < -0.3 is 10.6 Å². The highest BCUT2D eigenvalue weighted by Gasteiger charge is 1.86. The van der Waals surface area contributed by atoms with E-state index in [1.54, 1.807) is 0 Å². The molecule has 0 aliphatic rings. The van der Waals surface area contributed by atoms with E-state index in [4.69, 9.17) is 0 Å². The lowest BCUT2D eigenvalue weighted by Crippen LogP contribution is -2.15. The Morgan fingerprint density at radius 1 is 0.944 bits per heavy atom. The van der Waals surface area contributed by atoms with Crippen molar-refractivity contribution >= 4 is 0 Å². The van der Waals surface area contributed by atoms with Crippen molar-refractivity contribution in [2.24, 2.45) is 0 Å². The Hall–Kier alpha value is -0.760. The lowest BCUT2D eigenvalue weighted by atomic mass is 10.3. The molecule has 0 radical (unpaired) electrons. The van der Waals surface area contributed by atoms with Crippen LogP contribution in [0.25, 0.3) is 0 Å². The molecule has 110 valence electrons. The number of nitrogens with one attached hydrogen (secondary N) is 2. The molecule has 0 unspecified atom stereocenters. The second-order valence-corrected chi connectivity index (χ2v) is 3.28. The Balaban J connectivity index is -0.000000506. The Morgan fingerprint density at radius 3 is 1.94 bits per heavy atom. The van der Waals surface area contributed by atoms with Crippen molar-refractivity contribution in [3.63, 3.8) is 0 Å². The smallest absolute Gasteiger partial charge is 0.0294 e. The second-order valence-electron chi connectivity index (χ2n) is 3.28. The van der Waals surface area contributed by atoms with E-state index in [1.165, 1.54) is 18.5 Å². The van der Waals surface area contributed by atoms with Gasteiger partial charge in [-0.3, -0.25) is 0 Å². The van der Waals surface area contributed by atoms with Gasteiger partial charge in [-0.25, -0.2) is 0 Å². The van der Waals surface area contributed by atoms with E-state index >= 15 is 0 Å². The molecule has 0 aliphatic heterocycles. The van der Waals surface area contributed by atoms with Crippen molar-refractivity contribution in [3.05, 3.63) is 23.9 Å². The number of hydrogen-bond donors (Lipinski definition) is 2. The molecule has 0 aromatic carbocycles. The molecule has 0 bridgehead atoms. The first kappa shape index (κ1) is 22.4. The molecule has 0 fully saturated rings. The normalized spacial score (nSPS) is 10.3. The van der Waals surface area contributed by atoms with Gasteiger partial charge in [0.05, 0.1) is 0 Å². The van der Waals surface area contributed by atoms with E-state index in [9.17, 15) is 0 Å². The van der Waals surface area contributed by atoms with Crippen LogP contribution >= 0.6 is 0 Å². The van der Waals surface area contributed by atoms with Crippen molar-refractivity contribution < 1.29 is 0 Å². The molecule has 18 heavy (non-hydrogen) atoms. The summed E-state index contributed by atoms with van der Waals surface area (Å²) in [4.78, 5) is 0. The second kappa shape index (κ2) is 25.2. The fourth-order valence-corrected chi connectivity index (χ4v) is 1.07. The molecule has 0 heterocycles. The Labute approximate surface area is 116 Å². The van der Waals surface area contributed by atoms with Gasteiger partial charge in [0.1, 0.15) is 0 Å². The first-order valence-corrected chi connectivity index (χ1v) is 7.62. The zero-order valence-electron chi connectivity index (χ0n) is 13.8. The highest BCUT2D eigenvalue weighted by atomic mass is 14.9. The van der Waals surface area contributed by atoms with Crippen LogP contribution in [-0.2, 0) is 0 Å². The van der Waals surface area contributed by atoms with Crippen molar-refractivity contribution in [1.29, 1.82) is 0 Å². The molecule has 2 N–H and O–H groups in total. The van der Waals surface area contributed by atoms with Gasteiger partial charge in [0, 0.05) is 18.8 Å². The van der Waals surface area contributed by atoms with Gasteiger partial charge in [0.15, 0.2) is 0 Å². The summed E-state index contributed by atoms with van der Waals surface area (Å²) in [6.45, 7) is 17.5. The number of allylic oxidation sites excluding steroid dienone is 2. The maximum Gasteiger partial charge on any atom is 0.0294 e. The van der Waals surface area contributed by atoms with Gasteiger partial charge in [-0.1, -0.05) is 53.7 Å². The molecular weight excluding hydrogens is 220 g/mol. The van der Waals surface area contributed by atoms with Gasteiger partial charge in [-0.2, -0.15) is 0 Å². The molecule has 0 aromatic heterocycles. The van der Waals surface area contributed by atoms with Crippen LogP contribution in [0.2, 0.25) is 0 Å². The summed E-state index contributed by atoms with van der Waals surface area (Å²) in [5, 5.41) is 6.69. The van der Waals surface area contributed by atoms with Crippen LogP contribution < -0.4 is 10.6 Å². The molecule has 2 nitrogen and oxygen atoms in total. The molecular formula is C16H36N2. The lowest BCUT2D eigenvalue weighted by molar-refractivity contribution is 0.727. The Kier molecular flexibility index (Phi) is 31.4. The predicted octanol–water partition coefficient (Wildman–Crippen LogP) is 4.50. The minimum atomic E-state index is 0.957. The summed E-state index contributed by atoms with van der Waals surface area (Å²) in [6, 6.07) is 0. The molecule has 0 aromatic rings. The fraction of sp³-hybridized carbons (Fsp3) is 0.750. The minimum absolute atomic E-state index is 0.957. The third kappa shape index (κ3) is 20.6. The van der Waals surface area contributed by atoms with Crippen LogP contribution in [-0.4, -0.2) is 19.6 Å². The molecule has 0 amide bonds. The van der Waals surface area contributed by atoms with Crippen LogP contribution in [0.4, 0.5) is 0 Å². The van der Waals surface area contributed by atoms with E-state index in [2.05, 4.69) is 49.6 Å². The summed E-state index contributed by atoms with van der Waals surface area (Å²) >= 11 is 0. The molecule has 0 spiro atoms. The van der Waals surface area contributed by atoms with Crippen LogP contribution in [0.5, 0.6) is 0 Å². The first-order valence-electron chi connectivity index (χ1n) is 7.62. The zero-order valence-corrected chi connectivity index (χ0v) is 13.8. The van der Waals surface area contributed by atoms with E-state index < -0.39 is 0 Å². The quantitative estimate of drug-likeness (QED) is 0.493. The SMILES string of the molecule is C/C=C(\C=C/CNCCC)NCCC.CC.CC. The maximum atomic E-state index is 3.36. The number of hydrogen-bond acceptors (Lipinski definition) is 2. The number of rotatable bonds is 8.